The lowest BCUT2D eigenvalue weighted by molar-refractivity contribution is -0.117. The van der Waals surface area contributed by atoms with E-state index in [2.05, 4.69) is 11.4 Å². The normalized spacial score (nSPS) is 11.0. The molecule has 0 fully saturated rings. The minimum Gasteiger partial charge on any atom is -0.329 e. The number of benzene rings is 3. The number of aromatic nitrogens is 2. The fourth-order valence-corrected chi connectivity index (χ4v) is 4.34. The average Bonchev–Trinajstić information content (AvgIpc) is 3.27. The lowest BCUT2D eigenvalue weighted by atomic mass is 10.1. The van der Waals surface area contributed by atoms with Gasteiger partial charge in [0.25, 0.3) is 5.91 Å². The summed E-state index contributed by atoms with van der Waals surface area (Å²) in [5, 5.41) is 7.86. The molecule has 0 unspecified atom stereocenters. The van der Waals surface area contributed by atoms with Crippen LogP contribution in [0, 0.1) is 26.7 Å². The molecule has 190 valence electrons. The number of nitrogens with one attached hydrogen (secondary N) is 1. The van der Waals surface area contributed by atoms with Crippen molar-refractivity contribution in [2.24, 2.45) is 5.92 Å². The van der Waals surface area contributed by atoms with Crippen LogP contribution in [0.1, 0.15) is 40.9 Å². The fourth-order valence-electron chi connectivity index (χ4n) is 4.34. The quantitative estimate of drug-likeness (QED) is 0.317. The molecule has 0 bridgehead atoms. The number of amides is 2. The van der Waals surface area contributed by atoms with Crippen LogP contribution >= 0.6 is 0 Å². The molecule has 6 heteroatoms. The monoisotopic (exact) mass is 494 g/mol. The van der Waals surface area contributed by atoms with Crippen LogP contribution in [0.25, 0.3) is 16.9 Å². The van der Waals surface area contributed by atoms with Crippen molar-refractivity contribution in [3.05, 3.63) is 101 Å². The van der Waals surface area contributed by atoms with Gasteiger partial charge in [-0.1, -0.05) is 79.6 Å². The Hall–Kier alpha value is -4.19. The molecule has 0 radical (unpaired) electrons. The molecule has 0 spiro atoms. The maximum absolute atomic E-state index is 13.3. The summed E-state index contributed by atoms with van der Waals surface area (Å²) in [5.41, 5.74) is 6.46. The second kappa shape index (κ2) is 11.2. The van der Waals surface area contributed by atoms with Crippen LogP contribution in [-0.4, -0.2) is 39.6 Å². The Balaban J connectivity index is 1.63. The molecular formula is C31H34N4O2. The number of hydrogen-bond acceptors (Lipinski definition) is 3. The third kappa shape index (κ3) is 6.33. The van der Waals surface area contributed by atoms with Crippen LogP contribution in [0.3, 0.4) is 0 Å². The molecular weight excluding hydrogens is 460 g/mol. The van der Waals surface area contributed by atoms with Gasteiger partial charge in [-0.15, -0.1) is 0 Å². The van der Waals surface area contributed by atoms with Crippen molar-refractivity contribution in [3.63, 3.8) is 0 Å². The third-order valence-corrected chi connectivity index (χ3v) is 6.13. The number of hydrogen-bond donors (Lipinski definition) is 1. The molecule has 1 aromatic heterocycles. The van der Waals surface area contributed by atoms with Gasteiger partial charge in [0.05, 0.1) is 11.4 Å². The number of nitrogens with zero attached hydrogens (tertiary/aromatic N) is 3. The first kappa shape index (κ1) is 25.9. The van der Waals surface area contributed by atoms with Crippen LogP contribution in [0.5, 0.6) is 0 Å². The molecule has 0 aliphatic carbocycles. The van der Waals surface area contributed by atoms with Crippen molar-refractivity contribution >= 4 is 17.6 Å². The summed E-state index contributed by atoms with van der Waals surface area (Å²) in [6.07, 6.45) is 0. The molecule has 0 atom stereocenters. The zero-order valence-electron chi connectivity index (χ0n) is 22.2. The summed E-state index contributed by atoms with van der Waals surface area (Å²) >= 11 is 0. The van der Waals surface area contributed by atoms with Crippen LogP contribution in [0.2, 0.25) is 0 Å². The lowest BCUT2D eigenvalue weighted by Crippen LogP contribution is -2.40. The smallest absolute Gasteiger partial charge is 0.254 e. The predicted octanol–water partition coefficient (Wildman–Crippen LogP) is 6.20. The largest absolute Gasteiger partial charge is 0.329 e. The number of carbonyl (C=O) groups excluding carboxylic acids is 2. The maximum Gasteiger partial charge on any atom is 0.254 e. The molecule has 2 amide bonds. The molecule has 4 aromatic rings. The zero-order valence-corrected chi connectivity index (χ0v) is 22.2. The van der Waals surface area contributed by atoms with Crippen molar-refractivity contribution in [2.45, 2.75) is 34.6 Å². The highest BCUT2D eigenvalue weighted by atomic mass is 16.2. The molecule has 0 saturated carbocycles. The van der Waals surface area contributed by atoms with E-state index >= 15 is 0 Å². The van der Waals surface area contributed by atoms with Gasteiger partial charge in [-0.05, 0) is 50.5 Å². The van der Waals surface area contributed by atoms with E-state index in [0.29, 0.717) is 17.9 Å². The second-order valence-corrected chi connectivity index (χ2v) is 9.98. The molecule has 4 rings (SSSR count). The molecule has 0 aliphatic rings. The van der Waals surface area contributed by atoms with E-state index in [9.17, 15) is 9.59 Å². The van der Waals surface area contributed by atoms with E-state index in [1.54, 1.807) is 9.58 Å². The standard InChI is InChI=1S/C31H34N4O2/c1-21(2)19-34(31(37)26-14-11-22(3)12-15-26)20-30(36)32-29-18-27(25-9-7-6-8-10-25)33-35(29)28-16-13-23(4)17-24(28)5/h6-18,21H,19-20H2,1-5H3,(H,32,36). The van der Waals surface area contributed by atoms with Gasteiger partial charge in [0, 0.05) is 23.7 Å². The molecule has 1 heterocycles. The topological polar surface area (TPSA) is 67.2 Å². The molecule has 0 aliphatic heterocycles. The van der Waals surface area contributed by atoms with Crippen molar-refractivity contribution in [1.29, 1.82) is 0 Å². The second-order valence-electron chi connectivity index (χ2n) is 9.98. The van der Waals surface area contributed by atoms with Crippen molar-refractivity contribution in [3.8, 4) is 16.9 Å². The molecule has 37 heavy (non-hydrogen) atoms. The summed E-state index contributed by atoms with van der Waals surface area (Å²) in [6.45, 7) is 10.6. The van der Waals surface area contributed by atoms with E-state index in [0.717, 1.165) is 33.6 Å². The fraction of sp³-hybridized carbons (Fsp3) is 0.258. The van der Waals surface area contributed by atoms with Crippen molar-refractivity contribution < 1.29 is 9.59 Å². The van der Waals surface area contributed by atoms with Gasteiger partial charge in [0.2, 0.25) is 5.91 Å². The molecule has 0 saturated heterocycles. The summed E-state index contributed by atoms with van der Waals surface area (Å²) < 4.78 is 1.77. The first-order chi connectivity index (χ1) is 17.7. The first-order valence-electron chi connectivity index (χ1n) is 12.6. The van der Waals surface area contributed by atoms with Gasteiger partial charge in [-0.3, -0.25) is 9.59 Å². The number of carbonyl (C=O) groups is 2. The van der Waals surface area contributed by atoms with Crippen LogP contribution in [0.15, 0.2) is 78.9 Å². The van der Waals surface area contributed by atoms with Crippen LogP contribution in [0.4, 0.5) is 5.82 Å². The van der Waals surface area contributed by atoms with E-state index in [1.807, 2.05) is 107 Å². The van der Waals surface area contributed by atoms with Crippen molar-refractivity contribution in [2.75, 3.05) is 18.4 Å². The van der Waals surface area contributed by atoms with Gasteiger partial charge in [0.15, 0.2) is 0 Å². The Labute approximate surface area is 218 Å². The SMILES string of the molecule is Cc1ccc(C(=O)N(CC(=O)Nc2cc(-c3ccccc3)nn2-c2ccc(C)cc2C)CC(C)C)cc1. The highest BCUT2D eigenvalue weighted by Gasteiger charge is 2.22. The van der Waals surface area contributed by atoms with Gasteiger partial charge < -0.3 is 10.2 Å². The highest BCUT2D eigenvalue weighted by molar-refractivity contribution is 5.99. The number of aryl methyl sites for hydroxylation is 3. The van der Waals surface area contributed by atoms with Crippen LogP contribution < -0.4 is 5.32 Å². The summed E-state index contributed by atoms with van der Waals surface area (Å²) in [5.74, 6) is 0.346. The van der Waals surface area contributed by atoms with E-state index in [1.165, 1.54) is 0 Å². The Morgan fingerprint density at radius 1 is 0.892 bits per heavy atom. The Morgan fingerprint density at radius 3 is 2.22 bits per heavy atom. The van der Waals surface area contributed by atoms with E-state index in [4.69, 9.17) is 5.10 Å². The molecule has 1 N–H and O–H groups in total. The first-order valence-corrected chi connectivity index (χ1v) is 12.6. The third-order valence-electron chi connectivity index (χ3n) is 6.13. The number of rotatable bonds is 8. The van der Waals surface area contributed by atoms with E-state index in [-0.39, 0.29) is 24.3 Å². The number of anilines is 1. The summed E-state index contributed by atoms with van der Waals surface area (Å²) in [4.78, 5) is 28.2. The van der Waals surface area contributed by atoms with Gasteiger partial charge in [-0.2, -0.15) is 5.10 Å². The Morgan fingerprint density at radius 2 is 1.57 bits per heavy atom. The Kier molecular flexibility index (Phi) is 7.87. The Bertz CT molecular complexity index is 1390. The van der Waals surface area contributed by atoms with Gasteiger partial charge in [0.1, 0.15) is 12.4 Å². The summed E-state index contributed by atoms with van der Waals surface area (Å²) in [7, 11) is 0. The summed E-state index contributed by atoms with van der Waals surface area (Å²) in [6, 6.07) is 25.3. The minimum atomic E-state index is -0.272. The van der Waals surface area contributed by atoms with Crippen molar-refractivity contribution in [1.82, 2.24) is 14.7 Å². The lowest BCUT2D eigenvalue weighted by Gasteiger charge is -2.24. The average molecular weight is 495 g/mol. The molecule has 3 aromatic carbocycles. The van der Waals surface area contributed by atoms with Gasteiger partial charge >= 0.3 is 0 Å². The minimum absolute atomic E-state index is 0.0520. The van der Waals surface area contributed by atoms with Gasteiger partial charge in [-0.25, -0.2) is 4.68 Å². The highest BCUT2D eigenvalue weighted by Crippen LogP contribution is 2.26. The zero-order chi connectivity index (χ0) is 26.5. The van der Waals surface area contributed by atoms with Crippen LogP contribution in [-0.2, 0) is 4.79 Å². The predicted molar refractivity (Wildman–Crippen MR) is 149 cm³/mol. The maximum atomic E-state index is 13.3. The molecule has 6 nitrogen and oxygen atoms in total. The van der Waals surface area contributed by atoms with E-state index < -0.39 is 0 Å².